The quantitative estimate of drug-likeness (QED) is 0.200. The van der Waals surface area contributed by atoms with Gasteiger partial charge in [-0.3, -0.25) is 14.5 Å². The third-order valence-electron chi connectivity index (χ3n) is 9.71. The van der Waals surface area contributed by atoms with Crippen LogP contribution in [0.1, 0.15) is 58.0 Å². The molecule has 250 valence electrons. The summed E-state index contributed by atoms with van der Waals surface area (Å²) in [5.74, 6) is -0.460. The van der Waals surface area contributed by atoms with E-state index in [9.17, 15) is 20.0 Å². The van der Waals surface area contributed by atoms with Crippen molar-refractivity contribution in [2.45, 2.75) is 51.7 Å². The van der Waals surface area contributed by atoms with Crippen LogP contribution in [0, 0.1) is 18.3 Å². The van der Waals surface area contributed by atoms with Crippen molar-refractivity contribution in [3.8, 4) is 28.7 Å². The number of carbonyl (C=O) groups is 2. The van der Waals surface area contributed by atoms with Gasteiger partial charge < -0.3 is 24.3 Å². The molecule has 2 aromatic heterocycles. The summed E-state index contributed by atoms with van der Waals surface area (Å²) < 4.78 is 8.08. The molecule has 49 heavy (non-hydrogen) atoms. The number of aliphatic carboxylic acids is 1. The Labute approximate surface area is 288 Å². The van der Waals surface area contributed by atoms with Crippen molar-refractivity contribution in [2.24, 2.45) is 7.05 Å². The van der Waals surface area contributed by atoms with Gasteiger partial charge in [0.2, 0.25) is 5.89 Å². The molecule has 3 aromatic carbocycles. The van der Waals surface area contributed by atoms with E-state index in [1.807, 2.05) is 66.9 Å². The number of rotatable bonds is 7. The number of hydrogen-bond acceptors (Lipinski definition) is 8. The fourth-order valence-electron chi connectivity index (χ4n) is 7.11. The highest BCUT2D eigenvalue weighted by atomic mass is 35.5. The number of benzene rings is 3. The lowest BCUT2D eigenvalue weighted by molar-refractivity contribution is -0.144. The number of nitriles is 1. The molecular formula is C37H36ClN7O4. The van der Waals surface area contributed by atoms with E-state index in [0.717, 1.165) is 65.0 Å². The van der Waals surface area contributed by atoms with Crippen LogP contribution >= 0.6 is 11.6 Å². The Morgan fingerprint density at radius 3 is 2.65 bits per heavy atom. The summed E-state index contributed by atoms with van der Waals surface area (Å²) in [6.45, 7) is 4.66. The maximum Gasteiger partial charge on any atom is 0.320 e. The minimum atomic E-state index is -0.826. The van der Waals surface area contributed by atoms with Crippen LogP contribution in [0.2, 0.25) is 5.02 Å². The standard InChI is InChI=1S/C37H36ClN7O4/c1-21-24(26-10-7-11-27(32(26)38)41-35(46)34-40-29-20-43(2)15-13-30(29)44(34)3)8-6-9-25(21)36-42-28-17-22(16-23(18-39)33(28)49-36)19-45-14-5-4-12-31(45)37(47)48/h6-11,16-17,31H,4-5,12-15,19-20H2,1-3H3,(H,41,46)(H,47,48). The number of likely N-dealkylation sites (N-methyl/N-ethyl adjacent to an activating group) is 1. The number of piperidine rings is 1. The Morgan fingerprint density at radius 1 is 1.08 bits per heavy atom. The minimum Gasteiger partial charge on any atom is -0.480 e. The Bertz CT molecular complexity index is 2160. The molecule has 0 radical (unpaired) electrons. The van der Waals surface area contributed by atoms with Crippen LogP contribution in [0.25, 0.3) is 33.7 Å². The number of oxazole rings is 1. The largest absolute Gasteiger partial charge is 0.480 e. The Balaban J connectivity index is 1.18. The average molecular weight is 678 g/mol. The van der Waals surface area contributed by atoms with Crippen molar-refractivity contribution in [2.75, 3.05) is 25.5 Å². The highest BCUT2D eigenvalue weighted by Gasteiger charge is 2.29. The van der Waals surface area contributed by atoms with Gasteiger partial charge in [-0.2, -0.15) is 5.26 Å². The molecule has 12 heteroatoms. The van der Waals surface area contributed by atoms with Gasteiger partial charge in [0.1, 0.15) is 17.6 Å². The van der Waals surface area contributed by atoms with Crippen LogP contribution in [-0.2, 0) is 31.4 Å². The van der Waals surface area contributed by atoms with Crippen LogP contribution in [-0.4, -0.2) is 67.5 Å². The monoisotopic (exact) mass is 677 g/mol. The van der Waals surface area contributed by atoms with Crippen LogP contribution in [0.4, 0.5) is 5.69 Å². The van der Waals surface area contributed by atoms with Crippen LogP contribution < -0.4 is 5.32 Å². The molecule has 1 atom stereocenters. The summed E-state index contributed by atoms with van der Waals surface area (Å²) in [5.41, 5.74) is 7.68. The summed E-state index contributed by atoms with van der Waals surface area (Å²) >= 11 is 6.97. The third-order valence-corrected chi connectivity index (χ3v) is 10.1. The fraction of sp³-hybridized carbons (Fsp3) is 0.324. The topological polar surface area (TPSA) is 141 Å². The summed E-state index contributed by atoms with van der Waals surface area (Å²) in [6, 6.07) is 16.6. The number of amides is 1. The van der Waals surface area contributed by atoms with Gasteiger partial charge in [-0.1, -0.05) is 42.3 Å². The Hall–Kier alpha value is -5.02. The molecule has 1 saturated heterocycles. The first-order chi connectivity index (χ1) is 23.6. The predicted octanol–water partition coefficient (Wildman–Crippen LogP) is 6.41. The van der Waals surface area contributed by atoms with Crippen molar-refractivity contribution < 1.29 is 19.1 Å². The van der Waals surface area contributed by atoms with E-state index in [1.165, 1.54) is 0 Å². The second-order valence-corrected chi connectivity index (χ2v) is 13.3. The normalized spacial score (nSPS) is 16.8. The highest BCUT2D eigenvalue weighted by molar-refractivity contribution is 6.36. The Morgan fingerprint density at radius 2 is 1.86 bits per heavy atom. The molecule has 0 aliphatic carbocycles. The van der Waals surface area contributed by atoms with Crippen molar-refractivity contribution in [1.82, 2.24) is 24.3 Å². The summed E-state index contributed by atoms with van der Waals surface area (Å²) in [6.07, 6.45) is 3.26. The summed E-state index contributed by atoms with van der Waals surface area (Å²) in [7, 11) is 3.91. The molecule has 0 bridgehead atoms. The summed E-state index contributed by atoms with van der Waals surface area (Å²) in [4.78, 5) is 38.9. The van der Waals surface area contributed by atoms with Crippen molar-refractivity contribution in [1.29, 1.82) is 5.26 Å². The molecule has 1 amide bonds. The zero-order valence-corrected chi connectivity index (χ0v) is 28.3. The van der Waals surface area contributed by atoms with Gasteiger partial charge in [0.25, 0.3) is 5.91 Å². The second kappa shape index (κ2) is 13.1. The third kappa shape index (κ3) is 6.08. The van der Waals surface area contributed by atoms with Crippen molar-refractivity contribution >= 4 is 40.3 Å². The van der Waals surface area contributed by atoms with Gasteiger partial charge >= 0.3 is 5.97 Å². The first-order valence-corrected chi connectivity index (χ1v) is 16.7. The summed E-state index contributed by atoms with van der Waals surface area (Å²) in [5, 5.41) is 23.1. The number of anilines is 1. The number of nitrogens with one attached hydrogen (secondary N) is 1. The van der Waals surface area contributed by atoms with Crippen LogP contribution in [0.5, 0.6) is 0 Å². The molecule has 1 fully saturated rings. The molecular weight excluding hydrogens is 642 g/mol. The van der Waals surface area contributed by atoms with E-state index in [2.05, 4.69) is 21.3 Å². The molecule has 11 nitrogen and oxygen atoms in total. The lowest BCUT2D eigenvalue weighted by Crippen LogP contribution is -2.44. The molecule has 1 unspecified atom stereocenters. The van der Waals surface area contributed by atoms with Gasteiger partial charge in [0, 0.05) is 49.9 Å². The number of carboxylic acid groups (broad SMARTS) is 1. The molecule has 5 aromatic rings. The van der Waals surface area contributed by atoms with Gasteiger partial charge in [0.05, 0.1) is 22.0 Å². The lowest BCUT2D eigenvalue weighted by atomic mass is 9.96. The van der Waals surface area contributed by atoms with E-state index in [-0.39, 0.29) is 5.91 Å². The zero-order chi connectivity index (χ0) is 34.4. The number of nitrogens with zero attached hydrogens (tertiary/aromatic N) is 6. The molecule has 2 aliphatic heterocycles. The minimum absolute atomic E-state index is 0.331. The average Bonchev–Trinajstić information content (AvgIpc) is 3.66. The number of fused-ring (bicyclic) bond motifs is 2. The number of carbonyl (C=O) groups excluding carboxylic acids is 1. The molecule has 7 rings (SSSR count). The smallest absolute Gasteiger partial charge is 0.320 e. The predicted molar refractivity (Wildman–Crippen MR) is 186 cm³/mol. The van der Waals surface area contributed by atoms with Crippen LogP contribution in [0.3, 0.4) is 0 Å². The Kier molecular flexibility index (Phi) is 8.71. The lowest BCUT2D eigenvalue weighted by Gasteiger charge is -2.32. The van der Waals surface area contributed by atoms with E-state index < -0.39 is 12.0 Å². The van der Waals surface area contributed by atoms with E-state index in [1.54, 1.807) is 12.1 Å². The maximum atomic E-state index is 13.4. The van der Waals surface area contributed by atoms with Gasteiger partial charge in [-0.15, -0.1) is 0 Å². The van der Waals surface area contributed by atoms with Gasteiger partial charge in [-0.05, 0) is 74.3 Å². The number of carboxylic acids is 1. The number of likely N-dealkylation sites (tertiary alicyclic amines) is 1. The second-order valence-electron chi connectivity index (χ2n) is 12.9. The fourth-order valence-corrected chi connectivity index (χ4v) is 7.39. The van der Waals surface area contributed by atoms with E-state index in [0.29, 0.717) is 65.1 Å². The molecule has 4 heterocycles. The zero-order valence-electron chi connectivity index (χ0n) is 27.6. The van der Waals surface area contributed by atoms with Crippen LogP contribution in [0.15, 0.2) is 52.9 Å². The van der Waals surface area contributed by atoms with Gasteiger partial charge in [-0.25, -0.2) is 9.97 Å². The van der Waals surface area contributed by atoms with Gasteiger partial charge in [0.15, 0.2) is 11.4 Å². The van der Waals surface area contributed by atoms with E-state index in [4.69, 9.17) is 21.0 Å². The SMILES string of the molecule is Cc1c(-c2nc3cc(CN4CCCCC4C(=O)O)cc(C#N)c3o2)cccc1-c1cccc(NC(=O)c2nc3c(n2C)CCN(C)C3)c1Cl. The molecule has 0 saturated carbocycles. The van der Waals surface area contributed by atoms with Crippen molar-refractivity contribution in [3.63, 3.8) is 0 Å². The first kappa shape index (κ1) is 32.5. The molecule has 0 spiro atoms. The number of halogens is 1. The van der Waals surface area contributed by atoms with E-state index >= 15 is 0 Å². The molecule has 2 N–H and O–H groups in total. The number of aromatic nitrogens is 3. The number of hydrogen-bond donors (Lipinski definition) is 2. The highest BCUT2D eigenvalue weighted by Crippen LogP contribution is 2.39. The first-order valence-electron chi connectivity index (χ1n) is 16.4. The molecule has 2 aliphatic rings. The maximum absolute atomic E-state index is 13.4. The van der Waals surface area contributed by atoms with Crippen molar-refractivity contribution in [3.05, 3.63) is 87.5 Å². The number of imidazole rings is 1.